The number of nitrogens with one attached hydrogen (secondary N) is 1. The summed E-state index contributed by atoms with van der Waals surface area (Å²) in [4.78, 5) is 12.1. The molecule has 2 saturated carbocycles. The molecule has 1 N–H and O–H groups in total. The first-order valence-electron chi connectivity index (χ1n) is 6.65. The van der Waals surface area contributed by atoms with Crippen molar-refractivity contribution >= 4 is 5.91 Å². The summed E-state index contributed by atoms with van der Waals surface area (Å²) in [5, 5.41) is 3.25. The predicted octanol–water partition coefficient (Wildman–Crippen LogP) is 2.62. The van der Waals surface area contributed by atoms with Crippen molar-refractivity contribution in [2.24, 2.45) is 11.8 Å². The van der Waals surface area contributed by atoms with Crippen LogP contribution >= 0.6 is 0 Å². The van der Waals surface area contributed by atoms with E-state index in [0.29, 0.717) is 12.0 Å². The molecule has 1 aliphatic heterocycles. The minimum Gasteiger partial charge on any atom is -0.348 e. The van der Waals surface area contributed by atoms with E-state index in [1.165, 1.54) is 30.4 Å². The molecule has 17 heavy (non-hydrogen) atoms. The van der Waals surface area contributed by atoms with E-state index in [1.54, 1.807) is 0 Å². The Bertz CT molecular complexity index is 508. The van der Waals surface area contributed by atoms with Gasteiger partial charge in [-0.1, -0.05) is 17.7 Å². The van der Waals surface area contributed by atoms with Crippen molar-refractivity contribution in [2.45, 2.75) is 38.1 Å². The van der Waals surface area contributed by atoms with Gasteiger partial charge in [-0.2, -0.15) is 0 Å². The van der Waals surface area contributed by atoms with Gasteiger partial charge >= 0.3 is 0 Å². The number of amides is 1. The summed E-state index contributed by atoms with van der Waals surface area (Å²) < 4.78 is 0. The first-order valence-corrected chi connectivity index (χ1v) is 6.65. The fourth-order valence-electron chi connectivity index (χ4n) is 4.34. The Morgan fingerprint density at radius 2 is 2.06 bits per heavy atom. The van der Waals surface area contributed by atoms with Gasteiger partial charge in [-0.25, -0.2) is 0 Å². The van der Waals surface area contributed by atoms with Gasteiger partial charge in [0.05, 0.1) is 0 Å². The van der Waals surface area contributed by atoms with Crippen LogP contribution in [0, 0.1) is 18.8 Å². The van der Waals surface area contributed by atoms with E-state index < -0.39 is 0 Å². The zero-order valence-electron chi connectivity index (χ0n) is 10.1. The summed E-state index contributed by atoms with van der Waals surface area (Å²) in [5.41, 5.74) is 3.52. The van der Waals surface area contributed by atoms with Crippen molar-refractivity contribution < 1.29 is 4.79 Å². The number of fused-ring (bicyclic) bond motifs is 7. The molecule has 4 atom stereocenters. The van der Waals surface area contributed by atoms with Crippen molar-refractivity contribution in [1.29, 1.82) is 0 Å². The zero-order chi connectivity index (χ0) is 11.6. The molecule has 1 amide bonds. The first kappa shape index (κ1) is 9.69. The lowest BCUT2D eigenvalue weighted by Gasteiger charge is -2.37. The van der Waals surface area contributed by atoms with E-state index in [-0.39, 0.29) is 5.91 Å². The number of hydrogen-bond acceptors (Lipinski definition) is 1. The number of hydrogen-bond donors (Lipinski definition) is 1. The highest BCUT2D eigenvalue weighted by atomic mass is 16.1. The van der Waals surface area contributed by atoms with E-state index in [4.69, 9.17) is 0 Å². The van der Waals surface area contributed by atoms with Crippen molar-refractivity contribution in [3.8, 4) is 0 Å². The Morgan fingerprint density at radius 1 is 1.24 bits per heavy atom. The predicted molar refractivity (Wildman–Crippen MR) is 66.0 cm³/mol. The first-order chi connectivity index (χ1) is 8.24. The van der Waals surface area contributed by atoms with Crippen LogP contribution in [0.4, 0.5) is 0 Å². The van der Waals surface area contributed by atoms with Gasteiger partial charge in [-0.15, -0.1) is 0 Å². The van der Waals surface area contributed by atoms with Gasteiger partial charge in [0.15, 0.2) is 0 Å². The lowest BCUT2D eigenvalue weighted by atomic mass is 9.75. The molecule has 2 fully saturated rings. The van der Waals surface area contributed by atoms with Crippen molar-refractivity contribution in [3.63, 3.8) is 0 Å². The zero-order valence-corrected chi connectivity index (χ0v) is 10.1. The Kier molecular flexibility index (Phi) is 1.78. The lowest BCUT2D eigenvalue weighted by Crippen LogP contribution is -2.47. The summed E-state index contributed by atoms with van der Waals surface area (Å²) in [7, 11) is 0. The number of rotatable bonds is 0. The fourth-order valence-corrected chi connectivity index (χ4v) is 4.34. The third-order valence-corrected chi connectivity index (χ3v) is 5.02. The molecule has 88 valence electrons. The maximum absolute atomic E-state index is 12.1. The number of benzene rings is 1. The summed E-state index contributed by atoms with van der Waals surface area (Å²) in [6.07, 6.45) is 3.99. The molecule has 0 spiro atoms. The van der Waals surface area contributed by atoms with Crippen LogP contribution in [0.1, 0.15) is 46.7 Å². The van der Waals surface area contributed by atoms with Crippen LogP contribution in [0.25, 0.3) is 0 Å². The van der Waals surface area contributed by atoms with Crippen LogP contribution in [-0.2, 0) is 0 Å². The van der Waals surface area contributed by atoms with E-state index in [1.807, 2.05) is 12.1 Å². The van der Waals surface area contributed by atoms with E-state index in [0.717, 1.165) is 17.4 Å². The van der Waals surface area contributed by atoms with Crippen molar-refractivity contribution in [2.75, 3.05) is 0 Å². The maximum Gasteiger partial charge on any atom is 0.251 e. The number of aryl methyl sites for hydroxylation is 1. The van der Waals surface area contributed by atoms with E-state index in [2.05, 4.69) is 18.3 Å². The molecule has 1 heterocycles. The van der Waals surface area contributed by atoms with Crippen molar-refractivity contribution in [1.82, 2.24) is 5.32 Å². The monoisotopic (exact) mass is 227 g/mol. The molecule has 0 unspecified atom stereocenters. The fraction of sp³-hybridized carbons (Fsp3) is 0.533. The van der Waals surface area contributed by atoms with Crippen molar-refractivity contribution in [3.05, 3.63) is 34.9 Å². The lowest BCUT2D eigenvalue weighted by molar-refractivity contribution is 0.0895. The van der Waals surface area contributed by atoms with Gasteiger partial charge < -0.3 is 5.32 Å². The molecular formula is C15H17NO. The average molecular weight is 227 g/mol. The molecule has 2 aliphatic carbocycles. The molecule has 2 heteroatoms. The molecule has 0 aromatic heterocycles. The number of carbonyl (C=O) groups excluding carboxylic acids is 1. The normalized spacial score (nSPS) is 37.6. The summed E-state index contributed by atoms with van der Waals surface area (Å²) in [5.74, 6) is 2.30. The molecule has 4 rings (SSSR count). The van der Waals surface area contributed by atoms with E-state index in [9.17, 15) is 4.79 Å². The smallest absolute Gasteiger partial charge is 0.251 e. The highest BCUT2D eigenvalue weighted by Gasteiger charge is 2.51. The van der Waals surface area contributed by atoms with Crippen LogP contribution in [0.5, 0.6) is 0 Å². The molecule has 0 saturated heterocycles. The second-order valence-electron chi connectivity index (χ2n) is 5.95. The summed E-state index contributed by atoms with van der Waals surface area (Å²) in [6.45, 7) is 2.12. The van der Waals surface area contributed by atoms with E-state index >= 15 is 0 Å². The van der Waals surface area contributed by atoms with Gasteiger partial charge in [-0.3, -0.25) is 4.79 Å². The highest BCUT2D eigenvalue weighted by molar-refractivity contribution is 5.97. The van der Waals surface area contributed by atoms with Crippen LogP contribution in [0.3, 0.4) is 0 Å². The van der Waals surface area contributed by atoms with Gasteiger partial charge in [0.1, 0.15) is 0 Å². The largest absolute Gasteiger partial charge is 0.348 e. The van der Waals surface area contributed by atoms with Gasteiger partial charge in [0.25, 0.3) is 5.91 Å². The summed E-state index contributed by atoms with van der Waals surface area (Å²) >= 11 is 0. The van der Waals surface area contributed by atoms with Gasteiger partial charge in [0, 0.05) is 17.5 Å². The Morgan fingerprint density at radius 3 is 2.94 bits per heavy atom. The molecule has 3 aliphatic rings. The SMILES string of the molecule is Cc1ccc2c(c1)[C@@H]1[C@H]3CC[C@H](C3)[C@@H]1NC2=O. The van der Waals surface area contributed by atoms with Crippen LogP contribution in [-0.4, -0.2) is 11.9 Å². The molecule has 0 radical (unpaired) electrons. The third-order valence-electron chi connectivity index (χ3n) is 5.02. The Labute approximate surface area is 101 Å². The molecule has 1 aromatic carbocycles. The standard InChI is InChI=1S/C15H17NO/c1-8-2-5-11-12(6-8)13-9-3-4-10(7-9)14(13)16-15(11)17/h2,5-6,9-10,13-14H,3-4,7H2,1H3,(H,16,17)/t9-,10+,13-,14-/m0/s1. The Hall–Kier alpha value is -1.31. The topological polar surface area (TPSA) is 29.1 Å². The molecule has 2 nitrogen and oxygen atoms in total. The minimum absolute atomic E-state index is 0.147. The Balaban J connectivity index is 1.89. The molecule has 1 aromatic rings. The highest BCUT2D eigenvalue weighted by Crippen LogP contribution is 2.54. The third kappa shape index (κ3) is 1.18. The average Bonchev–Trinajstić information content (AvgIpc) is 2.89. The minimum atomic E-state index is 0.147. The van der Waals surface area contributed by atoms with Gasteiger partial charge in [0.2, 0.25) is 0 Å². The van der Waals surface area contributed by atoms with Gasteiger partial charge in [-0.05, 0) is 49.7 Å². The molecular weight excluding hydrogens is 210 g/mol. The maximum atomic E-state index is 12.1. The number of carbonyl (C=O) groups is 1. The quantitative estimate of drug-likeness (QED) is 0.725. The summed E-state index contributed by atoms with van der Waals surface area (Å²) in [6, 6.07) is 6.72. The van der Waals surface area contributed by atoms with Crippen LogP contribution < -0.4 is 5.32 Å². The second kappa shape index (κ2) is 3.12. The van der Waals surface area contributed by atoms with Crippen LogP contribution in [0.2, 0.25) is 0 Å². The molecule has 2 bridgehead atoms. The van der Waals surface area contributed by atoms with Crippen LogP contribution in [0.15, 0.2) is 18.2 Å². The second-order valence-corrected chi connectivity index (χ2v) is 5.95.